The van der Waals surface area contributed by atoms with Crippen molar-refractivity contribution in [2.24, 2.45) is 5.92 Å². The fourth-order valence-electron chi connectivity index (χ4n) is 1.10. The average molecular weight is 218 g/mol. The van der Waals surface area contributed by atoms with Crippen molar-refractivity contribution in [2.75, 3.05) is 20.2 Å². The number of hydrogen-bond acceptors (Lipinski definition) is 4. The van der Waals surface area contributed by atoms with Crippen molar-refractivity contribution in [2.45, 2.75) is 19.4 Å². The first-order valence-corrected chi connectivity index (χ1v) is 4.81. The van der Waals surface area contributed by atoms with Gasteiger partial charge >= 0.3 is 5.97 Å². The van der Waals surface area contributed by atoms with Crippen LogP contribution in [0.25, 0.3) is 0 Å². The number of carboxylic acid groups (broad SMARTS) is 1. The first-order valence-electron chi connectivity index (χ1n) is 4.81. The predicted octanol–water partition coefficient (Wildman–Crippen LogP) is -1.21. The molecular weight excluding hydrogens is 200 g/mol. The van der Waals surface area contributed by atoms with Crippen molar-refractivity contribution in [1.82, 2.24) is 10.6 Å². The third kappa shape index (κ3) is 5.34. The quantitative estimate of drug-likeness (QED) is 0.430. The number of hydrogen-bond donors (Lipinski definition) is 4. The van der Waals surface area contributed by atoms with Gasteiger partial charge in [-0.2, -0.15) is 0 Å². The lowest BCUT2D eigenvalue weighted by Crippen LogP contribution is -2.45. The molecule has 15 heavy (non-hydrogen) atoms. The summed E-state index contributed by atoms with van der Waals surface area (Å²) >= 11 is 0. The van der Waals surface area contributed by atoms with Gasteiger partial charge in [0.25, 0.3) is 0 Å². The maximum atomic E-state index is 11.4. The van der Waals surface area contributed by atoms with Gasteiger partial charge in [-0.3, -0.25) is 4.79 Å². The number of aliphatic carboxylic acids is 1. The second kappa shape index (κ2) is 7.19. The largest absolute Gasteiger partial charge is 0.480 e. The van der Waals surface area contributed by atoms with Gasteiger partial charge in [-0.05, 0) is 7.05 Å². The van der Waals surface area contributed by atoms with Crippen LogP contribution >= 0.6 is 0 Å². The van der Waals surface area contributed by atoms with E-state index in [1.807, 2.05) is 0 Å². The minimum Gasteiger partial charge on any atom is -0.480 e. The van der Waals surface area contributed by atoms with Crippen LogP contribution in [0.3, 0.4) is 0 Å². The van der Waals surface area contributed by atoms with Crippen molar-refractivity contribution in [1.29, 1.82) is 0 Å². The first-order chi connectivity index (χ1) is 7.02. The fourth-order valence-corrected chi connectivity index (χ4v) is 1.10. The molecule has 0 radical (unpaired) electrons. The van der Waals surface area contributed by atoms with Gasteiger partial charge in [0.2, 0.25) is 5.91 Å². The number of amides is 1. The molecule has 0 rings (SSSR count). The Labute approximate surface area is 88.7 Å². The Bertz CT molecular complexity index is 220. The molecule has 0 aliphatic carbocycles. The molecule has 6 heteroatoms. The summed E-state index contributed by atoms with van der Waals surface area (Å²) in [7, 11) is 1.71. The van der Waals surface area contributed by atoms with Crippen LogP contribution in [0.2, 0.25) is 0 Å². The SMILES string of the molecule is CNCC(C)C(=O)NC(CCO)C(=O)O. The van der Waals surface area contributed by atoms with Gasteiger partial charge in [-0.15, -0.1) is 0 Å². The molecule has 6 nitrogen and oxygen atoms in total. The van der Waals surface area contributed by atoms with E-state index in [0.717, 1.165) is 0 Å². The fraction of sp³-hybridized carbons (Fsp3) is 0.778. The third-order valence-electron chi connectivity index (χ3n) is 1.99. The summed E-state index contributed by atoms with van der Waals surface area (Å²) < 4.78 is 0. The minimum atomic E-state index is -1.13. The van der Waals surface area contributed by atoms with Gasteiger partial charge in [-0.25, -0.2) is 4.79 Å². The zero-order valence-electron chi connectivity index (χ0n) is 8.99. The number of aliphatic hydroxyl groups excluding tert-OH is 1. The molecule has 0 saturated heterocycles. The molecular formula is C9H18N2O4. The van der Waals surface area contributed by atoms with Crippen LogP contribution in [0.15, 0.2) is 0 Å². The smallest absolute Gasteiger partial charge is 0.326 e. The van der Waals surface area contributed by atoms with Crippen LogP contribution in [0.1, 0.15) is 13.3 Å². The zero-order valence-corrected chi connectivity index (χ0v) is 8.99. The van der Waals surface area contributed by atoms with Crippen LogP contribution in [-0.2, 0) is 9.59 Å². The Morgan fingerprint density at radius 2 is 2.00 bits per heavy atom. The van der Waals surface area contributed by atoms with E-state index in [0.29, 0.717) is 6.54 Å². The van der Waals surface area contributed by atoms with Crippen LogP contribution in [-0.4, -0.2) is 48.3 Å². The molecule has 0 aromatic carbocycles. The van der Waals surface area contributed by atoms with Crippen LogP contribution in [0.4, 0.5) is 0 Å². The van der Waals surface area contributed by atoms with Crippen LogP contribution in [0.5, 0.6) is 0 Å². The van der Waals surface area contributed by atoms with E-state index in [1.165, 1.54) is 0 Å². The Balaban J connectivity index is 4.15. The third-order valence-corrected chi connectivity index (χ3v) is 1.99. The Morgan fingerprint density at radius 3 is 2.40 bits per heavy atom. The Kier molecular flexibility index (Phi) is 6.64. The normalized spacial score (nSPS) is 14.3. The molecule has 4 N–H and O–H groups in total. The highest BCUT2D eigenvalue weighted by Crippen LogP contribution is 1.97. The first kappa shape index (κ1) is 13.9. The monoisotopic (exact) mass is 218 g/mol. The van der Waals surface area contributed by atoms with Crippen molar-refractivity contribution in [3.05, 3.63) is 0 Å². The van der Waals surface area contributed by atoms with E-state index in [-0.39, 0.29) is 24.9 Å². The highest BCUT2D eigenvalue weighted by atomic mass is 16.4. The lowest BCUT2D eigenvalue weighted by atomic mass is 10.1. The van der Waals surface area contributed by atoms with Crippen molar-refractivity contribution < 1.29 is 19.8 Å². The Morgan fingerprint density at radius 1 is 1.40 bits per heavy atom. The number of carboxylic acids is 1. The second-order valence-corrected chi connectivity index (χ2v) is 3.37. The maximum Gasteiger partial charge on any atom is 0.326 e. The topological polar surface area (TPSA) is 98.7 Å². The summed E-state index contributed by atoms with van der Waals surface area (Å²) in [5, 5.41) is 22.5. The summed E-state index contributed by atoms with van der Waals surface area (Å²) in [5.74, 6) is -1.75. The number of carbonyl (C=O) groups excluding carboxylic acids is 1. The summed E-state index contributed by atoms with van der Waals surface area (Å²) in [5.41, 5.74) is 0. The predicted molar refractivity (Wildman–Crippen MR) is 54.4 cm³/mol. The lowest BCUT2D eigenvalue weighted by molar-refractivity contribution is -0.142. The summed E-state index contributed by atoms with van der Waals surface area (Å²) in [4.78, 5) is 22.1. The molecule has 0 spiro atoms. The van der Waals surface area contributed by atoms with E-state index in [9.17, 15) is 9.59 Å². The molecule has 2 unspecified atom stereocenters. The van der Waals surface area contributed by atoms with E-state index in [4.69, 9.17) is 10.2 Å². The van der Waals surface area contributed by atoms with Crippen molar-refractivity contribution in [3.63, 3.8) is 0 Å². The van der Waals surface area contributed by atoms with E-state index in [1.54, 1.807) is 14.0 Å². The van der Waals surface area contributed by atoms with E-state index in [2.05, 4.69) is 10.6 Å². The van der Waals surface area contributed by atoms with Gasteiger partial charge in [0, 0.05) is 25.5 Å². The minimum absolute atomic E-state index is 0.0212. The van der Waals surface area contributed by atoms with E-state index < -0.39 is 12.0 Å². The molecule has 0 aliphatic rings. The van der Waals surface area contributed by atoms with Gasteiger partial charge in [0.15, 0.2) is 0 Å². The number of carbonyl (C=O) groups is 2. The molecule has 2 atom stereocenters. The highest BCUT2D eigenvalue weighted by Gasteiger charge is 2.21. The number of aliphatic hydroxyl groups is 1. The van der Waals surface area contributed by atoms with Gasteiger partial charge in [0.1, 0.15) is 6.04 Å². The van der Waals surface area contributed by atoms with Crippen molar-refractivity contribution >= 4 is 11.9 Å². The maximum absolute atomic E-state index is 11.4. The summed E-state index contributed by atoms with van der Waals surface area (Å²) in [6, 6.07) is -1.01. The highest BCUT2D eigenvalue weighted by molar-refractivity contribution is 5.84. The second-order valence-electron chi connectivity index (χ2n) is 3.37. The molecule has 0 saturated carbocycles. The molecule has 0 aromatic rings. The van der Waals surface area contributed by atoms with E-state index >= 15 is 0 Å². The van der Waals surface area contributed by atoms with Crippen LogP contribution < -0.4 is 10.6 Å². The summed E-state index contributed by atoms with van der Waals surface area (Å²) in [6.07, 6.45) is 0.0212. The molecule has 1 amide bonds. The molecule has 0 aliphatic heterocycles. The Hall–Kier alpha value is -1.14. The van der Waals surface area contributed by atoms with Gasteiger partial charge in [-0.1, -0.05) is 6.92 Å². The molecule has 0 aromatic heterocycles. The number of nitrogens with one attached hydrogen (secondary N) is 2. The molecule has 0 heterocycles. The average Bonchev–Trinajstić information content (AvgIpc) is 2.17. The zero-order chi connectivity index (χ0) is 11.8. The lowest BCUT2D eigenvalue weighted by Gasteiger charge is -2.16. The van der Waals surface area contributed by atoms with Gasteiger partial charge in [0.05, 0.1) is 0 Å². The standard InChI is InChI=1S/C9H18N2O4/c1-6(5-10-2)8(13)11-7(3-4-12)9(14)15/h6-7,10,12H,3-5H2,1-2H3,(H,11,13)(H,14,15). The molecule has 0 fully saturated rings. The van der Waals surface area contributed by atoms with Gasteiger partial charge < -0.3 is 20.8 Å². The summed E-state index contributed by atoms with van der Waals surface area (Å²) in [6.45, 7) is 1.92. The van der Waals surface area contributed by atoms with Crippen molar-refractivity contribution in [3.8, 4) is 0 Å². The number of rotatable bonds is 7. The molecule has 88 valence electrons. The van der Waals surface area contributed by atoms with Crippen LogP contribution in [0, 0.1) is 5.92 Å². The molecule has 0 bridgehead atoms.